The van der Waals surface area contributed by atoms with Crippen molar-refractivity contribution in [2.45, 2.75) is 44.7 Å². The van der Waals surface area contributed by atoms with Crippen LogP contribution in [-0.2, 0) is 0 Å². The van der Waals surface area contributed by atoms with E-state index in [0.717, 1.165) is 5.92 Å². The lowest BCUT2D eigenvalue weighted by molar-refractivity contribution is 0.272. The van der Waals surface area contributed by atoms with Gasteiger partial charge in [0.25, 0.3) is 0 Å². The highest BCUT2D eigenvalue weighted by Gasteiger charge is 2.31. The molecule has 0 amide bonds. The second-order valence-corrected chi connectivity index (χ2v) is 6.66. The van der Waals surface area contributed by atoms with Crippen LogP contribution in [0.15, 0.2) is 41.8 Å². The van der Waals surface area contributed by atoms with Crippen LogP contribution >= 0.6 is 11.3 Å². The summed E-state index contributed by atoms with van der Waals surface area (Å²) in [4.78, 5) is 1.44. The SMILES string of the molecule is Cc1ccc(C2CC(NC(C)c3cccs3)C2)cc1. The van der Waals surface area contributed by atoms with E-state index in [1.807, 2.05) is 11.3 Å². The molecule has 1 aliphatic rings. The van der Waals surface area contributed by atoms with Gasteiger partial charge < -0.3 is 5.32 Å². The molecule has 19 heavy (non-hydrogen) atoms. The van der Waals surface area contributed by atoms with Gasteiger partial charge in [0.1, 0.15) is 0 Å². The predicted octanol–water partition coefficient (Wildman–Crippen LogP) is 4.65. The van der Waals surface area contributed by atoms with Gasteiger partial charge in [-0.1, -0.05) is 35.9 Å². The standard InChI is InChI=1S/C17H21NS/c1-12-5-7-14(8-6-12)15-10-16(11-15)18-13(2)17-4-3-9-19-17/h3-9,13,15-16,18H,10-11H2,1-2H3. The van der Waals surface area contributed by atoms with E-state index in [0.29, 0.717) is 12.1 Å². The number of rotatable bonds is 4. The molecule has 1 aromatic heterocycles. The van der Waals surface area contributed by atoms with Crippen molar-refractivity contribution in [2.75, 3.05) is 0 Å². The Morgan fingerprint density at radius 2 is 1.89 bits per heavy atom. The predicted molar refractivity (Wildman–Crippen MR) is 82.8 cm³/mol. The summed E-state index contributed by atoms with van der Waals surface area (Å²) in [7, 11) is 0. The molecule has 0 bridgehead atoms. The van der Waals surface area contributed by atoms with Crippen LogP contribution in [0.5, 0.6) is 0 Å². The first-order chi connectivity index (χ1) is 9.22. The van der Waals surface area contributed by atoms with Gasteiger partial charge >= 0.3 is 0 Å². The molecule has 0 radical (unpaired) electrons. The number of nitrogens with one attached hydrogen (secondary N) is 1. The van der Waals surface area contributed by atoms with Crippen molar-refractivity contribution in [1.82, 2.24) is 5.32 Å². The molecule has 0 spiro atoms. The minimum absolute atomic E-state index is 0.490. The minimum atomic E-state index is 0.490. The molecule has 100 valence electrons. The third-order valence-corrected chi connectivity index (χ3v) is 5.20. The van der Waals surface area contributed by atoms with Crippen molar-refractivity contribution in [3.63, 3.8) is 0 Å². The molecule has 0 saturated heterocycles. The van der Waals surface area contributed by atoms with Crippen molar-refractivity contribution in [1.29, 1.82) is 0 Å². The van der Waals surface area contributed by atoms with Gasteiger partial charge in [-0.25, -0.2) is 0 Å². The first kappa shape index (κ1) is 12.9. The molecular formula is C17H21NS. The maximum absolute atomic E-state index is 3.74. The first-order valence-corrected chi connectivity index (χ1v) is 7.96. The molecule has 1 saturated carbocycles. The number of benzene rings is 1. The van der Waals surface area contributed by atoms with Crippen molar-refractivity contribution >= 4 is 11.3 Å². The zero-order valence-electron chi connectivity index (χ0n) is 11.6. The molecule has 1 N–H and O–H groups in total. The fraction of sp³-hybridized carbons (Fsp3) is 0.412. The second-order valence-electron chi connectivity index (χ2n) is 5.68. The molecule has 1 unspecified atom stereocenters. The Kier molecular flexibility index (Phi) is 3.72. The van der Waals surface area contributed by atoms with E-state index in [-0.39, 0.29) is 0 Å². The van der Waals surface area contributed by atoms with Gasteiger partial charge in [0.2, 0.25) is 0 Å². The Morgan fingerprint density at radius 3 is 2.53 bits per heavy atom. The van der Waals surface area contributed by atoms with Gasteiger partial charge in [0.15, 0.2) is 0 Å². The monoisotopic (exact) mass is 271 g/mol. The third-order valence-electron chi connectivity index (χ3n) is 4.14. The summed E-state index contributed by atoms with van der Waals surface area (Å²) in [5, 5.41) is 5.90. The molecular weight excluding hydrogens is 250 g/mol. The smallest absolute Gasteiger partial charge is 0.0388 e. The Bertz CT molecular complexity index is 509. The largest absolute Gasteiger partial charge is 0.307 e. The van der Waals surface area contributed by atoms with Gasteiger partial charge in [-0.15, -0.1) is 11.3 Å². The third kappa shape index (κ3) is 2.90. The highest BCUT2D eigenvalue weighted by atomic mass is 32.1. The summed E-state index contributed by atoms with van der Waals surface area (Å²) < 4.78 is 0. The zero-order chi connectivity index (χ0) is 13.2. The van der Waals surface area contributed by atoms with E-state index in [2.05, 4.69) is 60.9 Å². The van der Waals surface area contributed by atoms with Crippen LogP contribution in [0, 0.1) is 6.92 Å². The lowest BCUT2D eigenvalue weighted by Gasteiger charge is -2.38. The quantitative estimate of drug-likeness (QED) is 0.853. The lowest BCUT2D eigenvalue weighted by Crippen LogP contribution is -2.41. The maximum atomic E-state index is 3.74. The van der Waals surface area contributed by atoms with Crippen molar-refractivity contribution < 1.29 is 0 Å². The molecule has 1 fully saturated rings. The number of aryl methyl sites for hydroxylation is 1. The van der Waals surface area contributed by atoms with E-state index in [9.17, 15) is 0 Å². The summed E-state index contributed by atoms with van der Waals surface area (Å²) in [6, 6.07) is 14.6. The van der Waals surface area contributed by atoms with Crippen LogP contribution in [0.1, 0.15) is 47.7 Å². The molecule has 1 heterocycles. The molecule has 1 atom stereocenters. The van der Waals surface area contributed by atoms with Gasteiger partial charge in [0, 0.05) is 17.0 Å². The van der Waals surface area contributed by atoms with Gasteiger partial charge in [-0.3, -0.25) is 0 Å². The Balaban J connectivity index is 1.51. The van der Waals surface area contributed by atoms with Gasteiger partial charge in [-0.2, -0.15) is 0 Å². The first-order valence-electron chi connectivity index (χ1n) is 7.08. The van der Waals surface area contributed by atoms with Crippen LogP contribution in [-0.4, -0.2) is 6.04 Å². The zero-order valence-corrected chi connectivity index (χ0v) is 12.4. The number of thiophene rings is 1. The average Bonchev–Trinajstić information content (AvgIpc) is 2.88. The van der Waals surface area contributed by atoms with E-state index >= 15 is 0 Å². The fourth-order valence-corrected chi connectivity index (χ4v) is 3.58. The summed E-state index contributed by atoms with van der Waals surface area (Å²) in [6.07, 6.45) is 2.55. The van der Waals surface area contributed by atoms with Crippen LogP contribution in [0.25, 0.3) is 0 Å². The minimum Gasteiger partial charge on any atom is -0.307 e. The average molecular weight is 271 g/mol. The second kappa shape index (κ2) is 5.48. The fourth-order valence-electron chi connectivity index (χ4n) is 2.84. The topological polar surface area (TPSA) is 12.0 Å². The normalized spacial score (nSPS) is 23.9. The molecule has 1 aromatic carbocycles. The summed E-state index contributed by atoms with van der Waals surface area (Å²) in [5.41, 5.74) is 2.86. The summed E-state index contributed by atoms with van der Waals surface area (Å²) in [5.74, 6) is 0.758. The molecule has 1 nitrogen and oxygen atoms in total. The van der Waals surface area contributed by atoms with E-state index < -0.39 is 0 Å². The van der Waals surface area contributed by atoms with Crippen LogP contribution < -0.4 is 5.32 Å². The molecule has 1 aliphatic carbocycles. The Labute approximate surface area is 119 Å². The van der Waals surface area contributed by atoms with E-state index in [1.165, 1.54) is 28.8 Å². The van der Waals surface area contributed by atoms with E-state index in [4.69, 9.17) is 0 Å². The molecule has 2 heteroatoms. The number of hydrogen-bond donors (Lipinski definition) is 1. The highest BCUT2D eigenvalue weighted by Crippen LogP contribution is 2.38. The highest BCUT2D eigenvalue weighted by molar-refractivity contribution is 7.10. The van der Waals surface area contributed by atoms with Crippen LogP contribution in [0.3, 0.4) is 0 Å². The Morgan fingerprint density at radius 1 is 1.16 bits per heavy atom. The van der Waals surface area contributed by atoms with Crippen molar-refractivity contribution in [2.24, 2.45) is 0 Å². The van der Waals surface area contributed by atoms with Gasteiger partial charge in [-0.05, 0) is 49.6 Å². The van der Waals surface area contributed by atoms with Gasteiger partial charge in [0.05, 0.1) is 0 Å². The van der Waals surface area contributed by atoms with Crippen molar-refractivity contribution in [3.05, 3.63) is 57.8 Å². The molecule has 2 aromatic rings. The number of hydrogen-bond acceptors (Lipinski definition) is 2. The lowest BCUT2D eigenvalue weighted by atomic mass is 9.75. The van der Waals surface area contributed by atoms with E-state index in [1.54, 1.807) is 0 Å². The Hall–Kier alpha value is -1.12. The molecule has 3 rings (SSSR count). The van der Waals surface area contributed by atoms with Crippen LogP contribution in [0.2, 0.25) is 0 Å². The van der Waals surface area contributed by atoms with Crippen molar-refractivity contribution in [3.8, 4) is 0 Å². The molecule has 0 aliphatic heterocycles. The summed E-state index contributed by atoms with van der Waals surface area (Å²) >= 11 is 1.84. The maximum Gasteiger partial charge on any atom is 0.0388 e. The van der Waals surface area contributed by atoms with Crippen LogP contribution in [0.4, 0.5) is 0 Å². The summed E-state index contributed by atoms with van der Waals surface area (Å²) in [6.45, 7) is 4.42.